The van der Waals surface area contributed by atoms with Gasteiger partial charge in [-0.2, -0.15) is 0 Å². The van der Waals surface area contributed by atoms with Crippen LogP contribution in [0.1, 0.15) is 0 Å². The molecule has 0 atom stereocenters. The van der Waals surface area contributed by atoms with Crippen LogP contribution in [0.2, 0.25) is 0 Å². The van der Waals surface area contributed by atoms with E-state index in [2.05, 4.69) is 10.0 Å². The van der Waals surface area contributed by atoms with Crippen LogP contribution in [-0.2, 0) is 0 Å². The van der Waals surface area contributed by atoms with E-state index >= 15 is 0 Å². The summed E-state index contributed by atoms with van der Waals surface area (Å²) >= 11 is 0. The van der Waals surface area contributed by atoms with Gasteiger partial charge in [0, 0.05) is 11.0 Å². The van der Waals surface area contributed by atoms with Crippen LogP contribution in [0.15, 0.2) is 17.2 Å². The van der Waals surface area contributed by atoms with Gasteiger partial charge in [-0.15, -0.1) is 0 Å². The molecule has 0 unspecified atom stereocenters. The molecule has 6 heteroatoms. The number of methoxy groups -OCH3 is 2. The number of azide groups is 1. The van der Waals surface area contributed by atoms with Gasteiger partial charge in [-0.1, -0.05) is 5.11 Å². The average Bonchev–Trinajstić information content (AvgIpc) is 2.20. The van der Waals surface area contributed by atoms with E-state index in [1.165, 1.54) is 20.3 Å². The van der Waals surface area contributed by atoms with Gasteiger partial charge in [-0.3, -0.25) is 0 Å². The summed E-state index contributed by atoms with van der Waals surface area (Å²) in [5.74, 6) is -0.393. The number of rotatable bonds is 3. The summed E-state index contributed by atoms with van der Waals surface area (Å²) in [6.45, 7) is 0. The number of hydrogen-bond donors (Lipinski definition) is 0. The van der Waals surface area contributed by atoms with Crippen molar-refractivity contribution in [3.8, 4) is 11.5 Å². The minimum Gasteiger partial charge on any atom is -0.496 e. The molecule has 0 bridgehead atoms. The Hall–Kier alpha value is -1.94. The summed E-state index contributed by atoms with van der Waals surface area (Å²) in [6, 6.07) is 2.37. The molecule has 0 aliphatic heterocycles. The van der Waals surface area contributed by atoms with Crippen molar-refractivity contribution < 1.29 is 13.9 Å². The summed E-state index contributed by atoms with van der Waals surface area (Å²) in [5.41, 5.74) is 8.43. The second-order valence-corrected chi connectivity index (χ2v) is 2.35. The predicted molar refractivity (Wildman–Crippen MR) is 48.3 cm³/mol. The molecule has 0 N–H and O–H groups in total. The van der Waals surface area contributed by atoms with Crippen molar-refractivity contribution >= 4 is 5.69 Å². The van der Waals surface area contributed by atoms with Crippen LogP contribution in [-0.4, -0.2) is 14.2 Å². The monoisotopic (exact) mass is 197 g/mol. The molecule has 0 saturated carbocycles. The van der Waals surface area contributed by atoms with Crippen molar-refractivity contribution in [2.75, 3.05) is 14.2 Å². The Bertz CT molecular complexity index is 388. The summed E-state index contributed by atoms with van der Waals surface area (Å²) in [6.07, 6.45) is 0. The summed E-state index contributed by atoms with van der Waals surface area (Å²) < 4.78 is 22.7. The summed E-state index contributed by atoms with van der Waals surface area (Å²) in [7, 11) is 2.68. The van der Waals surface area contributed by atoms with Gasteiger partial charge in [0.2, 0.25) is 0 Å². The normalized spacial score (nSPS) is 9.07. The van der Waals surface area contributed by atoms with Crippen LogP contribution in [0, 0.1) is 5.82 Å². The van der Waals surface area contributed by atoms with Gasteiger partial charge in [0.1, 0.15) is 5.75 Å². The number of nitrogens with zero attached hydrogens (tertiary/aromatic N) is 3. The first kappa shape index (κ1) is 10.1. The minimum absolute atomic E-state index is 0.00759. The molecular weight excluding hydrogens is 189 g/mol. The lowest BCUT2D eigenvalue weighted by molar-refractivity contribution is 0.378. The first-order valence-corrected chi connectivity index (χ1v) is 3.69. The maximum Gasteiger partial charge on any atom is 0.168 e. The molecule has 0 aliphatic rings. The number of ether oxygens (including phenoxy) is 2. The van der Waals surface area contributed by atoms with E-state index in [1.807, 2.05) is 0 Å². The van der Waals surface area contributed by atoms with Crippen molar-refractivity contribution in [1.82, 2.24) is 0 Å². The quantitative estimate of drug-likeness (QED) is 0.424. The molecule has 5 nitrogen and oxygen atoms in total. The molecule has 1 aromatic carbocycles. The molecule has 1 rings (SSSR count). The fraction of sp³-hybridized carbons (Fsp3) is 0.250. The number of halogens is 1. The fourth-order valence-electron chi connectivity index (χ4n) is 0.971. The lowest BCUT2D eigenvalue weighted by Crippen LogP contribution is -1.90. The standard InChI is InChI=1S/C8H8FN3O2/c1-13-7-4-6(11-12-10)8(14-2)3-5(7)9/h3-4H,1-2H3. The minimum atomic E-state index is -0.568. The Morgan fingerprint density at radius 2 is 1.93 bits per heavy atom. The van der Waals surface area contributed by atoms with Crippen LogP contribution in [0.25, 0.3) is 10.4 Å². The molecule has 1 aromatic rings. The van der Waals surface area contributed by atoms with Gasteiger partial charge in [-0.25, -0.2) is 4.39 Å². The van der Waals surface area contributed by atoms with Crippen LogP contribution >= 0.6 is 0 Å². The maximum absolute atomic E-state index is 13.1. The maximum atomic E-state index is 13.1. The van der Waals surface area contributed by atoms with Crippen molar-refractivity contribution in [2.45, 2.75) is 0 Å². The number of hydrogen-bond acceptors (Lipinski definition) is 3. The van der Waals surface area contributed by atoms with E-state index in [9.17, 15) is 4.39 Å². The topological polar surface area (TPSA) is 67.2 Å². The molecular formula is C8H8FN3O2. The van der Waals surface area contributed by atoms with Gasteiger partial charge in [0.15, 0.2) is 11.6 Å². The Balaban J connectivity index is 3.31. The van der Waals surface area contributed by atoms with Gasteiger partial charge < -0.3 is 9.47 Å². The molecule has 0 aromatic heterocycles. The third kappa shape index (κ3) is 1.86. The highest BCUT2D eigenvalue weighted by Gasteiger charge is 2.09. The van der Waals surface area contributed by atoms with E-state index in [4.69, 9.17) is 15.0 Å². The number of benzene rings is 1. The van der Waals surface area contributed by atoms with Crippen molar-refractivity contribution in [2.24, 2.45) is 5.11 Å². The SMILES string of the molecule is COc1cc(N=[N+]=[N-])c(OC)cc1F. The average molecular weight is 197 g/mol. The van der Waals surface area contributed by atoms with Crippen molar-refractivity contribution in [3.05, 3.63) is 28.4 Å². The van der Waals surface area contributed by atoms with Gasteiger partial charge in [0.05, 0.1) is 19.9 Å². The third-order valence-electron chi connectivity index (χ3n) is 1.61. The van der Waals surface area contributed by atoms with Crippen LogP contribution < -0.4 is 9.47 Å². The van der Waals surface area contributed by atoms with Gasteiger partial charge in [-0.05, 0) is 11.6 Å². The van der Waals surface area contributed by atoms with Crippen LogP contribution in [0.5, 0.6) is 11.5 Å². The molecule has 0 radical (unpaired) electrons. The molecule has 0 saturated heterocycles. The first-order chi connectivity index (χ1) is 6.72. The highest BCUT2D eigenvalue weighted by molar-refractivity contribution is 5.56. The Labute approximate surface area is 79.7 Å². The molecule has 0 aliphatic carbocycles. The third-order valence-corrected chi connectivity index (χ3v) is 1.61. The highest BCUT2D eigenvalue weighted by Crippen LogP contribution is 2.33. The van der Waals surface area contributed by atoms with Crippen molar-refractivity contribution in [3.63, 3.8) is 0 Å². The van der Waals surface area contributed by atoms with Crippen LogP contribution in [0.4, 0.5) is 10.1 Å². The van der Waals surface area contributed by atoms with E-state index < -0.39 is 5.82 Å². The molecule has 0 amide bonds. The Kier molecular flexibility index (Phi) is 3.14. The van der Waals surface area contributed by atoms with E-state index in [0.717, 1.165) is 6.07 Å². The van der Waals surface area contributed by atoms with Gasteiger partial charge in [0.25, 0.3) is 0 Å². The van der Waals surface area contributed by atoms with Crippen molar-refractivity contribution in [1.29, 1.82) is 0 Å². The second-order valence-electron chi connectivity index (χ2n) is 2.35. The highest BCUT2D eigenvalue weighted by atomic mass is 19.1. The molecule has 0 fully saturated rings. The van der Waals surface area contributed by atoms with Crippen LogP contribution in [0.3, 0.4) is 0 Å². The van der Waals surface area contributed by atoms with E-state index in [1.54, 1.807) is 0 Å². The largest absolute Gasteiger partial charge is 0.496 e. The molecule has 0 heterocycles. The van der Waals surface area contributed by atoms with E-state index in [0.29, 0.717) is 0 Å². The van der Waals surface area contributed by atoms with E-state index in [-0.39, 0.29) is 17.2 Å². The smallest absolute Gasteiger partial charge is 0.168 e. The van der Waals surface area contributed by atoms with Gasteiger partial charge >= 0.3 is 0 Å². The lowest BCUT2D eigenvalue weighted by atomic mass is 10.2. The summed E-state index contributed by atoms with van der Waals surface area (Å²) in [5, 5.41) is 3.34. The lowest BCUT2D eigenvalue weighted by Gasteiger charge is -2.07. The Morgan fingerprint density at radius 1 is 1.29 bits per heavy atom. The Morgan fingerprint density at radius 3 is 2.43 bits per heavy atom. The first-order valence-electron chi connectivity index (χ1n) is 3.69. The zero-order valence-corrected chi connectivity index (χ0v) is 7.69. The second kappa shape index (κ2) is 4.34. The zero-order chi connectivity index (χ0) is 10.6. The zero-order valence-electron chi connectivity index (χ0n) is 7.69. The molecule has 74 valence electrons. The predicted octanol–water partition coefficient (Wildman–Crippen LogP) is 2.78. The molecule has 0 spiro atoms. The molecule has 14 heavy (non-hydrogen) atoms. The summed E-state index contributed by atoms with van der Waals surface area (Å²) in [4.78, 5) is 2.59. The fourth-order valence-corrected chi connectivity index (χ4v) is 0.971.